The molecule has 0 radical (unpaired) electrons. The molecule has 1 fully saturated rings. The summed E-state index contributed by atoms with van der Waals surface area (Å²) in [7, 11) is 0. The van der Waals surface area contributed by atoms with Gasteiger partial charge in [0, 0.05) is 10.7 Å². The van der Waals surface area contributed by atoms with E-state index in [1.54, 1.807) is 0 Å². The lowest BCUT2D eigenvalue weighted by molar-refractivity contribution is -0.217. The number of rotatable bonds is 4. The van der Waals surface area contributed by atoms with Gasteiger partial charge in [0.15, 0.2) is 6.10 Å². The molecule has 0 aliphatic heterocycles. The van der Waals surface area contributed by atoms with Crippen LogP contribution in [0, 0.1) is 5.41 Å². The summed E-state index contributed by atoms with van der Waals surface area (Å²) in [6.45, 7) is 1.25. The fraction of sp³-hybridized carbons (Fsp3) is 1.00. The Morgan fingerprint density at radius 2 is 2.00 bits per heavy atom. The van der Waals surface area contributed by atoms with E-state index in [1.807, 2.05) is 0 Å². The molecule has 13 heavy (non-hydrogen) atoms. The standard InChI is InChI=1S/C8H12BrF3O/c1-6(8(10,11)12)13-5-7(4-9)2-3-7/h6H,2-5H2,1H3. The summed E-state index contributed by atoms with van der Waals surface area (Å²) in [6, 6.07) is 0. The predicted molar refractivity (Wildman–Crippen MR) is 46.9 cm³/mol. The molecule has 1 saturated carbocycles. The Kier molecular flexibility index (Phi) is 3.28. The monoisotopic (exact) mass is 260 g/mol. The largest absolute Gasteiger partial charge is 0.414 e. The lowest BCUT2D eigenvalue weighted by atomic mass is 10.2. The van der Waals surface area contributed by atoms with Crippen molar-refractivity contribution in [2.45, 2.75) is 32.0 Å². The van der Waals surface area contributed by atoms with Crippen LogP contribution in [0.1, 0.15) is 19.8 Å². The van der Waals surface area contributed by atoms with Crippen LogP contribution in [0.25, 0.3) is 0 Å². The fourth-order valence-corrected chi connectivity index (χ4v) is 1.61. The minimum atomic E-state index is -4.23. The van der Waals surface area contributed by atoms with Gasteiger partial charge in [-0.2, -0.15) is 13.2 Å². The van der Waals surface area contributed by atoms with E-state index in [0.717, 1.165) is 25.1 Å². The Hall–Kier alpha value is 0.230. The number of alkyl halides is 4. The first-order valence-electron chi connectivity index (χ1n) is 4.14. The number of hydrogen-bond acceptors (Lipinski definition) is 1. The van der Waals surface area contributed by atoms with Crippen molar-refractivity contribution in [1.29, 1.82) is 0 Å². The zero-order valence-electron chi connectivity index (χ0n) is 7.33. The van der Waals surface area contributed by atoms with Gasteiger partial charge in [-0.15, -0.1) is 0 Å². The van der Waals surface area contributed by atoms with Crippen LogP contribution in [-0.4, -0.2) is 24.2 Å². The van der Waals surface area contributed by atoms with Gasteiger partial charge in [-0.25, -0.2) is 0 Å². The van der Waals surface area contributed by atoms with Crippen LogP contribution >= 0.6 is 15.9 Å². The molecule has 78 valence electrons. The molecule has 0 amide bonds. The van der Waals surface area contributed by atoms with E-state index in [4.69, 9.17) is 4.74 Å². The highest BCUT2D eigenvalue weighted by molar-refractivity contribution is 9.09. The van der Waals surface area contributed by atoms with E-state index in [-0.39, 0.29) is 12.0 Å². The molecule has 1 aliphatic carbocycles. The van der Waals surface area contributed by atoms with Gasteiger partial charge in [0.1, 0.15) is 0 Å². The Labute approximate surface area is 83.8 Å². The van der Waals surface area contributed by atoms with E-state index in [2.05, 4.69) is 15.9 Å². The Balaban J connectivity index is 2.26. The van der Waals surface area contributed by atoms with Gasteiger partial charge in [0.05, 0.1) is 6.61 Å². The normalized spacial score (nSPS) is 22.8. The topological polar surface area (TPSA) is 9.23 Å². The van der Waals surface area contributed by atoms with E-state index in [0.29, 0.717) is 0 Å². The zero-order valence-corrected chi connectivity index (χ0v) is 8.91. The summed E-state index contributed by atoms with van der Waals surface area (Å²) in [5.74, 6) is 0. The highest BCUT2D eigenvalue weighted by Crippen LogP contribution is 2.47. The minimum absolute atomic E-state index is 0.0144. The lowest BCUT2D eigenvalue weighted by Gasteiger charge is -2.19. The SMILES string of the molecule is CC(OCC1(CBr)CC1)C(F)(F)F. The molecule has 0 heterocycles. The third-order valence-corrected chi connectivity index (χ3v) is 3.53. The summed E-state index contributed by atoms with van der Waals surface area (Å²) >= 11 is 3.27. The smallest absolute Gasteiger partial charge is 0.368 e. The molecule has 5 heteroatoms. The van der Waals surface area contributed by atoms with Crippen LogP contribution < -0.4 is 0 Å². The van der Waals surface area contributed by atoms with Crippen LogP contribution in [0.2, 0.25) is 0 Å². The van der Waals surface area contributed by atoms with E-state index >= 15 is 0 Å². The number of halogens is 4. The second-order valence-corrected chi connectivity index (χ2v) is 4.19. The van der Waals surface area contributed by atoms with E-state index in [1.165, 1.54) is 0 Å². The molecule has 1 atom stereocenters. The summed E-state index contributed by atoms with van der Waals surface area (Å²) < 4.78 is 40.8. The molecule has 0 saturated heterocycles. The molecular formula is C8H12BrF3O. The molecule has 0 aromatic rings. The third-order valence-electron chi connectivity index (χ3n) is 2.34. The van der Waals surface area contributed by atoms with Crippen LogP contribution in [0.4, 0.5) is 13.2 Å². The minimum Gasteiger partial charge on any atom is -0.368 e. The van der Waals surface area contributed by atoms with E-state index in [9.17, 15) is 13.2 Å². The Bertz CT molecular complexity index is 177. The first-order chi connectivity index (χ1) is 5.90. The van der Waals surface area contributed by atoms with E-state index < -0.39 is 12.3 Å². The van der Waals surface area contributed by atoms with Crippen molar-refractivity contribution in [3.8, 4) is 0 Å². The first kappa shape index (κ1) is 11.3. The quantitative estimate of drug-likeness (QED) is 0.706. The number of hydrogen-bond donors (Lipinski definition) is 0. The molecule has 1 nitrogen and oxygen atoms in total. The first-order valence-corrected chi connectivity index (χ1v) is 5.26. The van der Waals surface area contributed by atoms with Crippen LogP contribution in [0.15, 0.2) is 0 Å². The summed E-state index contributed by atoms with van der Waals surface area (Å²) in [6.07, 6.45) is -3.96. The molecule has 1 aliphatic rings. The van der Waals surface area contributed by atoms with Crippen LogP contribution in [0.3, 0.4) is 0 Å². The second-order valence-electron chi connectivity index (χ2n) is 3.63. The van der Waals surface area contributed by atoms with Gasteiger partial charge in [-0.05, 0) is 19.8 Å². The molecule has 1 rings (SSSR count). The summed E-state index contributed by atoms with van der Waals surface area (Å²) in [5.41, 5.74) is -0.0144. The number of ether oxygens (including phenoxy) is 1. The molecular weight excluding hydrogens is 249 g/mol. The summed E-state index contributed by atoms with van der Waals surface area (Å²) in [4.78, 5) is 0. The van der Waals surface area contributed by atoms with Crippen molar-refractivity contribution < 1.29 is 17.9 Å². The van der Waals surface area contributed by atoms with Gasteiger partial charge < -0.3 is 4.74 Å². The van der Waals surface area contributed by atoms with Gasteiger partial charge in [0.2, 0.25) is 0 Å². The van der Waals surface area contributed by atoms with Gasteiger partial charge in [0.25, 0.3) is 0 Å². The highest BCUT2D eigenvalue weighted by Gasteiger charge is 2.44. The van der Waals surface area contributed by atoms with Gasteiger partial charge in [-0.3, -0.25) is 0 Å². The maximum atomic E-state index is 12.0. The van der Waals surface area contributed by atoms with Gasteiger partial charge >= 0.3 is 6.18 Å². The van der Waals surface area contributed by atoms with Crippen molar-refractivity contribution in [2.24, 2.45) is 5.41 Å². The highest BCUT2D eigenvalue weighted by atomic mass is 79.9. The van der Waals surface area contributed by atoms with Crippen molar-refractivity contribution >= 4 is 15.9 Å². The molecule has 0 N–H and O–H groups in total. The molecule has 1 unspecified atom stereocenters. The Morgan fingerprint density at radius 1 is 1.46 bits per heavy atom. The fourth-order valence-electron chi connectivity index (χ4n) is 0.890. The maximum absolute atomic E-state index is 12.0. The third kappa shape index (κ3) is 3.13. The van der Waals surface area contributed by atoms with Crippen molar-refractivity contribution in [1.82, 2.24) is 0 Å². The molecule has 0 spiro atoms. The molecule has 0 aromatic carbocycles. The zero-order chi connectivity index (χ0) is 10.1. The van der Waals surface area contributed by atoms with Crippen molar-refractivity contribution in [3.05, 3.63) is 0 Å². The van der Waals surface area contributed by atoms with Crippen molar-refractivity contribution in [2.75, 3.05) is 11.9 Å². The van der Waals surface area contributed by atoms with Gasteiger partial charge in [-0.1, -0.05) is 15.9 Å². The average Bonchev–Trinajstić information content (AvgIpc) is 2.79. The average molecular weight is 261 g/mol. The maximum Gasteiger partial charge on any atom is 0.414 e. The Morgan fingerprint density at radius 3 is 2.31 bits per heavy atom. The predicted octanol–water partition coefficient (Wildman–Crippen LogP) is 3.13. The summed E-state index contributed by atoms with van der Waals surface area (Å²) in [5, 5.41) is 0.727. The molecule has 0 aromatic heterocycles. The van der Waals surface area contributed by atoms with Crippen molar-refractivity contribution in [3.63, 3.8) is 0 Å². The second kappa shape index (κ2) is 3.77. The van der Waals surface area contributed by atoms with Crippen LogP contribution in [-0.2, 0) is 4.74 Å². The molecule has 0 bridgehead atoms. The van der Waals surface area contributed by atoms with Crippen LogP contribution in [0.5, 0.6) is 0 Å². The lowest BCUT2D eigenvalue weighted by Crippen LogP contribution is -2.31.